The number of ether oxygens (including phenoxy) is 1. The molecule has 114 valence electrons. The lowest BCUT2D eigenvalue weighted by Crippen LogP contribution is -2.10. The molecule has 2 aromatic rings. The summed E-state index contributed by atoms with van der Waals surface area (Å²) in [6.07, 6.45) is 0.842. The number of halogens is 1. The van der Waals surface area contributed by atoms with E-state index in [2.05, 4.69) is 9.69 Å². The fourth-order valence-electron chi connectivity index (χ4n) is 2.01. The van der Waals surface area contributed by atoms with Gasteiger partial charge >= 0.3 is 0 Å². The second kappa shape index (κ2) is 6.76. The Labute approximate surface area is 128 Å². The number of aryl methyl sites for hydroxylation is 1. The molecule has 0 radical (unpaired) electrons. The van der Waals surface area contributed by atoms with E-state index in [1.54, 1.807) is 6.07 Å². The minimum Gasteiger partial charge on any atom is -0.484 e. The molecular weight excluding hydrogens is 289 g/mol. The van der Waals surface area contributed by atoms with E-state index in [1.807, 2.05) is 26.8 Å². The summed E-state index contributed by atoms with van der Waals surface area (Å²) in [5.41, 5.74) is 7.88. The summed E-state index contributed by atoms with van der Waals surface area (Å²) in [6, 6.07) is 4.85. The van der Waals surface area contributed by atoms with Crippen LogP contribution in [0.2, 0.25) is 0 Å². The van der Waals surface area contributed by atoms with Crippen LogP contribution in [0.5, 0.6) is 5.75 Å². The number of anilines is 2. The summed E-state index contributed by atoms with van der Waals surface area (Å²) < 4.78 is 22.8. The standard InChI is InChI=1S/C15H20FN3OS/c1-9(2)20-13-14(17)19-21-15(13)18-7-6-11-4-5-12(16)8-10(11)3/h4-5,8-9,18H,6-7H2,1-3H3,(H2,17,19). The van der Waals surface area contributed by atoms with Crippen molar-refractivity contribution in [3.63, 3.8) is 0 Å². The Morgan fingerprint density at radius 3 is 2.86 bits per heavy atom. The van der Waals surface area contributed by atoms with Crippen LogP contribution in [0.4, 0.5) is 15.2 Å². The van der Waals surface area contributed by atoms with Gasteiger partial charge in [-0.15, -0.1) is 0 Å². The third-order valence-corrected chi connectivity index (χ3v) is 3.81. The summed E-state index contributed by atoms with van der Waals surface area (Å²) in [5, 5.41) is 4.12. The third kappa shape index (κ3) is 4.07. The topological polar surface area (TPSA) is 60.2 Å². The molecule has 0 aliphatic rings. The van der Waals surface area contributed by atoms with E-state index in [1.165, 1.54) is 17.6 Å². The average Bonchev–Trinajstić information content (AvgIpc) is 2.73. The predicted molar refractivity (Wildman–Crippen MR) is 85.6 cm³/mol. The molecule has 0 saturated heterocycles. The molecular formula is C15H20FN3OS. The quantitative estimate of drug-likeness (QED) is 0.855. The van der Waals surface area contributed by atoms with Gasteiger partial charge in [-0.25, -0.2) is 4.39 Å². The van der Waals surface area contributed by atoms with E-state index in [0.717, 1.165) is 22.5 Å². The van der Waals surface area contributed by atoms with Crippen LogP contribution < -0.4 is 15.8 Å². The zero-order chi connectivity index (χ0) is 15.4. The molecule has 3 N–H and O–H groups in total. The fraction of sp³-hybridized carbons (Fsp3) is 0.400. The number of nitrogens with zero attached hydrogens (tertiary/aromatic N) is 1. The summed E-state index contributed by atoms with van der Waals surface area (Å²) >= 11 is 1.29. The summed E-state index contributed by atoms with van der Waals surface area (Å²) in [4.78, 5) is 0. The van der Waals surface area contributed by atoms with Gasteiger partial charge in [0.25, 0.3) is 0 Å². The lowest BCUT2D eigenvalue weighted by atomic mass is 10.1. The van der Waals surface area contributed by atoms with Crippen molar-refractivity contribution >= 4 is 22.4 Å². The largest absolute Gasteiger partial charge is 0.484 e. The Morgan fingerprint density at radius 1 is 1.43 bits per heavy atom. The molecule has 0 unspecified atom stereocenters. The lowest BCUT2D eigenvalue weighted by Gasteiger charge is -2.12. The lowest BCUT2D eigenvalue weighted by molar-refractivity contribution is 0.245. The van der Waals surface area contributed by atoms with Crippen molar-refractivity contribution < 1.29 is 9.13 Å². The number of hydrogen-bond donors (Lipinski definition) is 2. The van der Waals surface area contributed by atoms with Gasteiger partial charge in [0.2, 0.25) is 0 Å². The molecule has 0 aliphatic heterocycles. The van der Waals surface area contributed by atoms with Gasteiger partial charge in [-0.3, -0.25) is 0 Å². The van der Waals surface area contributed by atoms with E-state index >= 15 is 0 Å². The molecule has 0 fully saturated rings. The maximum absolute atomic E-state index is 13.1. The predicted octanol–water partition coefficient (Wildman–Crippen LogP) is 3.61. The molecule has 0 aliphatic carbocycles. The molecule has 21 heavy (non-hydrogen) atoms. The van der Waals surface area contributed by atoms with Gasteiger partial charge in [0.05, 0.1) is 6.10 Å². The Morgan fingerprint density at radius 2 is 2.19 bits per heavy atom. The zero-order valence-electron chi connectivity index (χ0n) is 12.4. The van der Waals surface area contributed by atoms with Crippen molar-refractivity contribution in [3.8, 4) is 5.75 Å². The van der Waals surface area contributed by atoms with Gasteiger partial charge < -0.3 is 15.8 Å². The molecule has 0 spiro atoms. The van der Waals surface area contributed by atoms with Crippen molar-refractivity contribution in [3.05, 3.63) is 35.1 Å². The van der Waals surface area contributed by atoms with Crippen molar-refractivity contribution in [2.45, 2.75) is 33.3 Å². The molecule has 2 rings (SSSR count). The van der Waals surface area contributed by atoms with Crippen LogP contribution in [0.1, 0.15) is 25.0 Å². The first kappa shape index (κ1) is 15.6. The van der Waals surface area contributed by atoms with Crippen LogP contribution in [-0.4, -0.2) is 17.0 Å². The number of benzene rings is 1. The second-order valence-corrected chi connectivity index (χ2v) is 5.91. The Kier molecular flexibility index (Phi) is 5.01. The highest BCUT2D eigenvalue weighted by Gasteiger charge is 2.14. The zero-order valence-corrected chi connectivity index (χ0v) is 13.3. The van der Waals surface area contributed by atoms with E-state index in [-0.39, 0.29) is 11.9 Å². The summed E-state index contributed by atoms with van der Waals surface area (Å²) in [6.45, 7) is 6.52. The van der Waals surface area contributed by atoms with Crippen LogP contribution in [0.15, 0.2) is 18.2 Å². The monoisotopic (exact) mass is 309 g/mol. The van der Waals surface area contributed by atoms with Crippen LogP contribution in [0.3, 0.4) is 0 Å². The molecule has 1 heterocycles. The molecule has 0 bridgehead atoms. The number of aromatic nitrogens is 1. The van der Waals surface area contributed by atoms with Gasteiger partial charge in [0, 0.05) is 6.54 Å². The van der Waals surface area contributed by atoms with Crippen molar-refractivity contribution in [1.82, 2.24) is 4.37 Å². The van der Waals surface area contributed by atoms with Gasteiger partial charge in [-0.2, -0.15) is 4.37 Å². The van der Waals surface area contributed by atoms with Crippen LogP contribution in [0.25, 0.3) is 0 Å². The number of nitrogen functional groups attached to an aromatic ring is 1. The highest BCUT2D eigenvalue weighted by atomic mass is 32.1. The Hall–Kier alpha value is -1.82. The first-order valence-electron chi connectivity index (χ1n) is 6.88. The van der Waals surface area contributed by atoms with E-state index in [9.17, 15) is 4.39 Å². The maximum Gasteiger partial charge on any atom is 0.197 e. The average molecular weight is 309 g/mol. The number of hydrogen-bond acceptors (Lipinski definition) is 5. The molecule has 0 amide bonds. The van der Waals surface area contributed by atoms with Crippen LogP contribution in [-0.2, 0) is 6.42 Å². The number of nitrogens with two attached hydrogens (primary N) is 1. The van der Waals surface area contributed by atoms with Crippen molar-refractivity contribution in [2.24, 2.45) is 0 Å². The second-order valence-electron chi connectivity index (χ2n) is 5.14. The molecule has 6 heteroatoms. The SMILES string of the molecule is Cc1cc(F)ccc1CCNc1snc(N)c1OC(C)C. The Balaban J connectivity index is 1.97. The summed E-state index contributed by atoms with van der Waals surface area (Å²) in [7, 11) is 0. The fourth-order valence-corrected chi connectivity index (χ4v) is 2.68. The minimum absolute atomic E-state index is 0.0450. The van der Waals surface area contributed by atoms with Gasteiger partial charge in [-0.1, -0.05) is 6.07 Å². The third-order valence-electron chi connectivity index (χ3n) is 3.01. The van der Waals surface area contributed by atoms with Crippen molar-refractivity contribution in [1.29, 1.82) is 0 Å². The molecule has 4 nitrogen and oxygen atoms in total. The summed E-state index contributed by atoms with van der Waals surface area (Å²) in [5.74, 6) is 0.826. The van der Waals surface area contributed by atoms with Crippen molar-refractivity contribution in [2.75, 3.05) is 17.6 Å². The van der Waals surface area contributed by atoms with E-state index in [0.29, 0.717) is 18.1 Å². The van der Waals surface area contributed by atoms with E-state index in [4.69, 9.17) is 10.5 Å². The smallest absolute Gasteiger partial charge is 0.197 e. The van der Waals surface area contributed by atoms with Gasteiger partial charge in [0.1, 0.15) is 5.82 Å². The highest BCUT2D eigenvalue weighted by molar-refractivity contribution is 7.11. The van der Waals surface area contributed by atoms with Crippen LogP contribution >= 0.6 is 11.5 Å². The van der Waals surface area contributed by atoms with Gasteiger partial charge in [0.15, 0.2) is 16.6 Å². The first-order valence-corrected chi connectivity index (χ1v) is 7.65. The van der Waals surface area contributed by atoms with E-state index < -0.39 is 0 Å². The first-order chi connectivity index (χ1) is 9.97. The Bertz CT molecular complexity index is 613. The normalized spacial score (nSPS) is 10.9. The number of nitrogens with one attached hydrogen (secondary N) is 1. The molecule has 1 aromatic carbocycles. The minimum atomic E-state index is -0.202. The molecule has 0 atom stereocenters. The highest BCUT2D eigenvalue weighted by Crippen LogP contribution is 2.35. The maximum atomic E-state index is 13.1. The van der Waals surface area contributed by atoms with Crippen LogP contribution in [0, 0.1) is 12.7 Å². The number of rotatable bonds is 6. The molecule has 1 aromatic heterocycles. The molecule has 0 saturated carbocycles. The van der Waals surface area contributed by atoms with Gasteiger partial charge in [-0.05, 0) is 62.0 Å².